The predicted molar refractivity (Wildman–Crippen MR) is 93.9 cm³/mol. The van der Waals surface area contributed by atoms with Crippen LogP contribution in [-0.4, -0.2) is 36.4 Å². The van der Waals surface area contributed by atoms with Gasteiger partial charge in [0.1, 0.15) is 0 Å². The van der Waals surface area contributed by atoms with Crippen molar-refractivity contribution in [1.29, 1.82) is 0 Å². The van der Waals surface area contributed by atoms with Crippen molar-refractivity contribution in [1.82, 2.24) is 4.90 Å². The van der Waals surface area contributed by atoms with Gasteiger partial charge in [0.25, 0.3) is 5.91 Å². The van der Waals surface area contributed by atoms with Gasteiger partial charge < -0.3 is 15.0 Å². The molecule has 0 fully saturated rings. The highest BCUT2D eigenvalue weighted by Gasteiger charge is 2.22. The first-order valence-corrected chi connectivity index (χ1v) is 7.89. The van der Waals surface area contributed by atoms with Crippen LogP contribution < -0.4 is 10.1 Å². The Morgan fingerprint density at radius 3 is 2.44 bits per heavy atom. The number of benzene rings is 2. The Morgan fingerprint density at radius 1 is 1.16 bits per heavy atom. The number of carbonyl (C=O) groups excluding carboxylic acids is 2. The fourth-order valence-corrected chi connectivity index (χ4v) is 2.22. The molecule has 5 nitrogen and oxygen atoms in total. The van der Waals surface area contributed by atoms with Crippen molar-refractivity contribution in [2.24, 2.45) is 0 Å². The first-order valence-electron chi connectivity index (χ1n) is 7.89. The molecule has 2 aromatic carbocycles. The van der Waals surface area contributed by atoms with E-state index in [9.17, 15) is 14.0 Å². The Hall–Kier alpha value is -2.89. The molecule has 0 aromatic heterocycles. The highest BCUT2D eigenvalue weighted by Crippen LogP contribution is 2.17. The van der Waals surface area contributed by atoms with Crippen LogP contribution in [0.4, 0.5) is 10.1 Å². The van der Waals surface area contributed by atoms with Gasteiger partial charge >= 0.3 is 0 Å². The summed E-state index contributed by atoms with van der Waals surface area (Å²) in [5, 5.41) is 2.72. The molecule has 2 amide bonds. The van der Waals surface area contributed by atoms with Gasteiger partial charge in [0.05, 0.1) is 6.54 Å². The number of amides is 2. The van der Waals surface area contributed by atoms with Crippen molar-refractivity contribution in [3.8, 4) is 5.75 Å². The third-order valence-electron chi connectivity index (χ3n) is 3.58. The minimum absolute atomic E-state index is 0.000793. The first kappa shape index (κ1) is 18.4. The molecule has 0 aliphatic carbocycles. The molecule has 0 aliphatic rings. The summed E-state index contributed by atoms with van der Waals surface area (Å²) in [7, 11) is 1.50. The first-order chi connectivity index (χ1) is 11.9. The SMILES string of the molecule is Cc1ccc(NC(=O)CN(C)C(=O)[C@H](C)Oc2ccccc2F)cc1. The molecule has 0 heterocycles. The lowest BCUT2D eigenvalue weighted by Gasteiger charge is -2.22. The molecule has 0 bridgehead atoms. The minimum atomic E-state index is -0.908. The topological polar surface area (TPSA) is 58.6 Å². The van der Waals surface area contributed by atoms with Crippen LogP contribution in [0.25, 0.3) is 0 Å². The van der Waals surface area contributed by atoms with Gasteiger partial charge in [0, 0.05) is 12.7 Å². The van der Waals surface area contributed by atoms with Gasteiger partial charge in [-0.05, 0) is 38.1 Å². The van der Waals surface area contributed by atoms with Gasteiger partial charge in [-0.15, -0.1) is 0 Å². The van der Waals surface area contributed by atoms with Crippen LogP contribution in [0.5, 0.6) is 5.75 Å². The molecule has 1 atom stereocenters. The van der Waals surface area contributed by atoms with Crippen LogP contribution in [-0.2, 0) is 9.59 Å². The van der Waals surface area contributed by atoms with E-state index in [-0.39, 0.29) is 18.2 Å². The van der Waals surface area contributed by atoms with Gasteiger partial charge in [-0.1, -0.05) is 29.8 Å². The van der Waals surface area contributed by atoms with Gasteiger partial charge in [-0.2, -0.15) is 0 Å². The lowest BCUT2D eigenvalue weighted by Crippen LogP contribution is -2.42. The Morgan fingerprint density at radius 2 is 1.80 bits per heavy atom. The molecule has 2 rings (SSSR count). The summed E-state index contributed by atoms with van der Waals surface area (Å²) in [5.74, 6) is -1.28. The van der Waals surface area contributed by atoms with Gasteiger partial charge in [0.2, 0.25) is 5.91 Å². The summed E-state index contributed by atoms with van der Waals surface area (Å²) in [5.41, 5.74) is 1.75. The summed E-state index contributed by atoms with van der Waals surface area (Å²) < 4.78 is 18.9. The number of hydrogen-bond acceptors (Lipinski definition) is 3. The Bertz CT molecular complexity index is 747. The molecule has 0 saturated heterocycles. The molecule has 0 radical (unpaired) electrons. The van der Waals surface area contributed by atoms with Gasteiger partial charge in [-0.3, -0.25) is 9.59 Å². The third kappa shape index (κ3) is 5.31. The molecule has 0 spiro atoms. The van der Waals surface area contributed by atoms with E-state index in [4.69, 9.17) is 4.74 Å². The maximum absolute atomic E-state index is 13.6. The van der Waals surface area contributed by atoms with Crippen molar-refractivity contribution < 1.29 is 18.7 Å². The minimum Gasteiger partial charge on any atom is -0.478 e. The number of rotatable bonds is 6. The van der Waals surface area contributed by atoms with Crippen LogP contribution in [0.1, 0.15) is 12.5 Å². The van der Waals surface area contributed by atoms with E-state index in [0.29, 0.717) is 5.69 Å². The zero-order valence-electron chi connectivity index (χ0n) is 14.5. The average Bonchev–Trinajstić information content (AvgIpc) is 2.58. The van der Waals surface area contributed by atoms with Crippen LogP contribution in [0.2, 0.25) is 0 Å². The Kier molecular flexibility index (Phi) is 6.11. The molecular weight excluding hydrogens is 323 g/mol. The smallest absolute Gasteiger partial charge is 0.263 e. The number of anilines is 1. The zero-order chi connectivity index (χ0) is 18.4. The number of ether oxygens (including phenoxy) is 1. The molecular formula is C19H21FN2O3. The van der Waals surface area contributed by atoms with E-state index in [0.717, 1.165) is 5.56 Å². The largest absolute Gasteiger partial charge is 0.478 e. The highest BCUT2D eigenvalue weighted by molar-refractivity contribution is 5.95. The quantitative estimate of drug-likeness (QED) is 0.876. The second-order valence-corrected chi connectivity index (χ2v) is 5.80. The monoisotopic (exact) mass is 344 g/mol. The van der Waals surface area contributed by atoms with Crippen molar-refractivity contribution in [3.05, 3.63) is 59.9 Å². The Balaban J connectivity index is 1.89. The predicted octanol–water partition coefficient (Wildman–Crippen LogP) is 3.00. The lowest BCUT2D eigenvalue weighted by molar-refractivity contribution is -0.139. The zero-order valence-corrected chi connectivity index (χ0v) is 14.5. The number of hydrogen-bond donors (Lipinski definition) is 1. The molecule has 132 valence electrons. The highest BCUT2D eigenvalue weighted by atomic mass is 19.1. The summed E-state index contributed by atoms with van der Waals surface area (Å²) >= 11 is 0. The van der Waals surface area contributed by atoms with Crippen molar-refractivity contribution in [2.45, 2.75) is 20.0 Å². The number of aryl methyl sites for hydroxylation is 1. The van der Waals surface area contributed by atoms with E-state index in [1.54, 1.807) is 18.2 Å². The maximum Gasteiger partial charge on any atom is 0.263 e. The van der Waals surface area contributed by atoms with Crippen LogP contribution in [0.3, 0.4) is 0 Å². The van der Waals surface area contributed by atoms with Crippen molar-refractivity contribution >= 4 is 17.5 Å². The maximum atomic E-state index is 13.6. The normalized spacial score (nSPS) is 11.5. The van der Waals surface area contributed by atoms with E-state index >= 15 is 0 Å². The van der Waals surface area contributed by atoms with E-state index in [2.05, 4.69) is 5.32 Å². The Labute approximate surface area is 146 Å². The molecule has 6 heteroatoms. The molecule has 0 unspecified atom stereocenters. The van der Waals surface area contributed by atoms with E-state index in [1.165, 1.54) is 37.1 Å². The average molecular weight is 344 g/mol. The fourth-order valence-electron chi connectivity index (χ4n) is 2.22. The summed E-state index contributed by atoms with van der Waals surface area (Å²) in [6, 6.07) is 13.2. The van der Waals surface area contributed by atoms with Crippen LogP contribution >= 0.6 is 0 Å². The molecule has 1 N–H and O–H groups in total. The second-order valence-electron chi connectivity index (χ2n) is 5.80. The lowest BCUT2D eigenvalue weighted by atomic mass is 10.2. The van der Waals surface area contributed by atoms with Crippen LogP contribution in [0, 0.1) is 12.7 Å². The van der Waals surface area contributed by atoms with E-state index < -0.39 is 17.8 Å². The summed E-state index contributed by atoms with van der Waals surface area (Å²) in [6.45, 7) is 3.34. The van der Waals surface area contributed by atoms with Crippen LogP contribution in [0.15, 0.2) is 48.5 Å². The third-order valence-corrected chi connectivity index (χ3v) is 3.58. The number of nitrogens with zero attached hydrogens (tertiary/aromatic N) is 1. The molecule has 0 saturated carbocycles. The van der Waals surface area contributed by atoms with Crippen molar-refractivity contribution in [2.75, 3.05) is 18.9 Å². The van der Waals surface area contributed by atoms with Gasteiger partial charge in [0.15, 0.2) is 17.7 Å². The molecule has 2 aromatic rings. The molecule has 0 aliphatic heterocycles. The fraction of sp³-hybridized carbons (Fsp3) is 0.263. The number of likely N-dealkylation sites (N-methyl/N-ethyl adjacent to an activating group) is 1. The number of halogens is 1. The number of nitrogens with one attached hydrogen (secondary N) is 1. The second kappa shape index (κ2) is 8.28. The molecule has 25 heavy (non-hydrogen) atoms. The van der Waals surface area contributed by atoms with Gasteiger partial charge in [-0.25, -0.2) is 4.39 Å². The standard InChI is InChI=1S/C19H21FN2O3/c1-13-8-10-15(11-9-13)21-18(23)12-22(3)19(24)14(2)25-17-7-5-4-6-16(17)20/h4-11,14H,12H2,1-3H3,(H,21,23)/t14-/m0/s1. The number of para-hydroxylation sites is 1. The summed E-state index contributed by atoms with van der Waals surface area (Å²) in [6.07, 6.45) is -0.908. The number of carbonyl (C=O) groups is 2. The van der Waals surface area contributed by atoms with Crippen molar-refractivity contribution in [3.63, 3.8) is 0 Å². The summed E-state index contributed by atoms with van der Waals surface area (Å²) in [4.78, 5) is 25.6. The van der Waals surface area contributed by atoms with E-state index in [1.807, 2.05) is 19.1 Å².